The Kier molecular flexibility index (Phi) is 3.31. The second-order valence-electron chi connectivity index (χ2n) is 5.90. The molecule has 1 saturated carbocycles. The maximum absolute atomic E-state index is 5.73. The number of nitrogens with zero attached hydrogens (tertiary/aromatic N) is 5. The van der Waals surface area contributed by atoms with Gasteiger partial charge in [0, 0.05) is 38.2 Å². The van der Waals surface area contributed by atoms with Crippen molar-refractivity contribution in [2.24, 2.45) is 5.92 Å². The molecule has 1 aliphatic carbocycles. The number of fused-ring (bicyclic) bond motifs is 1. The molecular weight excluding hydrogens is 266 g/mol. The zero-order valence-corrected chi connectivity index (χ0v) is 11.9. The summed E-state index contributed by atoms with van der Waals surface area (Å²) in [7, 11) is 0. The average Bonchev–Trinajstić information content (AvgIpc) is 3.20. The van der Waals surface area contributed by atoms with Crippen LogP contribution in [-0.2, 0) is 6.54 Å². The molecule has 0 saturated heterocycles. The van der Waals surface area contributed by atoms with Crippen molar-refractivity contribution in [2.45, 2.75) is 25.4 Å². The molecule has 0 radical (unpaired) electrons. The van der Waals surface area contributed by atoms with Crippen LogP contribution in [0.2, 0.25) is 0 Å². The first-order chi connectivity index (χ1) is 10.4. The summed E-state index contributed by atoms with van der Waals surface area (Å²) in [5.41, 5.74) is 1.27. The first-order valence-electron chi connectivity index (χ1n) is 7.53. The van der Waals surface area contributed by atoms with Crippen LogP contribution < -0.4 is 4.74 Å². The van der Waals surface area contributed by atoms with E-state index in [0.717, 1.165) is 19.0 Å². The molecule has 0 spiro atoms. The smallest absolute Gasteiger partial charge is 0.316 e. The van der Waals surface area contributed by atoms with Gasteiger partial charge in [-0.15, -0.1) is 0 Å². The standard InChI is InChI=1S/C15H19N5O/c1-5-16-15(17-6-1)21-11-14-10-19(8-12-2-3-12)9-13-4-7-18-20(13)14/h1,4-7,12,14H,2-3,8-11H2/t14-/m0/s1. The third-order valence-electron chi connectivity index (χ3n) is 4.11. The van der Waals surface area contributed by atoms with Gasteiger partial charge in [-0.1, -0.05) is 0 Å². The fraction of sp³-hybridized carbons (Fsp3) is 0.533. The van der Waals surface area contributed by atoms with E-state index in [1.807, 2.05) is 6.20 Å². The fourth-order valence-corrected chi connectivity index (χ4v) is 2.92. The second-order valence-corrected chi connectivity index (χ2v) is 5.90. The number of aromatic nitrogens is 4. The van der Waals surface area contributed by atoms with Gasteiger partial charge in [-0.3, -0.25) is 9.58 Å². The Labute approximate surface area is 123 Å². The van der Waals surface area contributed by atoms with E-state index in [9.17, 15) is 0 Å². The quantitative estimate of drug-likeness (QED) is 0.833. The normalized spacial score (nSPS) is 22.0. The number of hydrogen-bond acceptors (Lipinski definition) is 5. The first-order valence-corrected chi connectivity index (χ1v) is 7.53. The molecule has 6 nitrogen and oxygen atoms in total. The molecule has 3 heterocycles. The predicted octanol–water partition coefficient (Wildman–Crippen LogP) is 1.52. The van der Waals surface area contributed by atoms with Crippen LogP contribution in [-0.4, -0.2) is 44.3 Å². The van der Waals surface area contributed by atoms with Gasteiger partial charge < -0.3 is 4.74 Å². The maximum Gasteiger partial charge on any atom is 0.316 e. The fourth-order valence-electron chi connectivity index (χ4n) is 2.92. The Hall–Kier alpha value is -1.95. The first kappa shape index (κ1) is 12.8. The number of rotatable bonds is 5. The SMILES string of the molecule is c1cnc(OC[C@@H]2CN(CC3CC3)Cc3ccnn32)nc1. The minimum atomic E-state index is 0.228. The van der Waals surface area contributed by atoms with Crippen molar-refractivity contribution < 1.29 is 4.74 Å². The van der Waals surface area contributed by atoms with Gasteiger partial charge in [0.1, 0.15) is 6.61 Å². The molecule has 6 heteroatoms. The molecule has 0 N–H and O–H groups in total. The molecule has 2 aromatic heterocycles. The molecule has 1 fully saturated rings. The molecule has 0 amide bonds. The lowest BCUT2D eigenvalue weighted by atomic mass is 10.2. The van der Waals surface area contributed by atoms with Crippen molar-refractivity contribution in [3.63, 3.8) is 0 Å². The largest absolute Gasteiger partial charge is 0.461 e. The van der Waals surface area contributed by atoms with Crippen LogP contribution >= 0.6 is 0 Å². The van der Waals surface area contributed by atoms with Crippen LogP contribution in [0.3, 0.4) is 0 Å². The molecule has 0 unspecified atom stereocenters. The third-order valence-corrected chi connectivity index (χ3v) is 4.11. The van der Waals surface area contributed by atoms with Gasteiger partial charge in [0.05, 0.1) is 11.7 Å². The maximum atomic E-state index is 5.73. The van der Waals surface area contributed by atoms with Gasteiger partial charge in [-0.05, 0) is 30.9 Å². The van der Waals surface area contributed by atoms with Gasteiger partial charge in [-0.25, -0.2) is 9.97 Å². The Morgan fingerprint density at radius 1 is 1.19 bits per heavy atom. The second kappa shape index (κ2) is 5.44. The highest BCUT2D eigenvalue weighted by Gasteiger charge is 2.30. The van der Waals surface area contributed by atoms with Crippen molar-refractivity contribution in [1.29, 1.82) is 0 Å². The van der Waals surface area contributed by atoms with E-state index in [2.05, 4.69) is 30.7 Å². The van der Waals surface area contributed by atoms with Crippen LogP contribution in [0.1, 0.15) is 24.6 Å². The van der Waals surface area contributed by atoms with E-state index >= 15 is 0 Å². The Bertz CT molecular complexity index is 595. The summed E-state index contributed by atoms with van der Waals surface area (Å²) in [5.74, 6) is 0.901. The molecule has 4 rings (SSSR count). The van der Waals surface area contributed by atoms with Gasteiger partial charge in [0.25, 0.3) is 0 Å². The molecule has 0 bridgehead atoms. The zero-order chi connectivity index (χ0) is 14.1. The molecule has 2 aliphatic rings. The molecule has 0 aromatic carbocycles. The highest BCUT2D eigenvalue weighted by molar-refractivity contribution is 5.06. The summed E-state index contributed by atoms with van der Waals surface area (Å²) < 4.78 is 7.82. The van der Waals surface area contributed by atoms with E-state index < -0.39 is 0 Å². The van der Waals surface area contributed by atoms with Crippen molar-refractivity contribution in [1.82, 2.24) is 24.6 Å². The summed E-state index contributed by atoms with van der Waals surface area (Å²) in [6, 6.07) is 4.55. The highest BCUT2D eigenvalue weighted by atomic mass is 16.5. The molecule has 110 valence electrons. The minimum absolute atomic E-state index is 0.228. The van der Waals surface area contributed by atoms with Crippen molar-refractivity contribution in [3.05, 3.63) is 36.4 Å². The van der Waals surface area contributed by atoms with Gasteiger partial charge in [0.2, 0.25) is 0 Å². The van der Waals surface area contributed by atoms with E-state index in [4.69, 9.17) is 4.74 Å². The number of hydrogen-bond donors (Lipinski definition) is 0. The van der Waals surface area contributed by atoms with E-state index in [1.54, 1.807) is 18.5 Å². The van der Waals surface area contributed by atoms with Crippen LogP contribution in [0.25, 0.3) is 0 Å². The van der Waals surface area contributed by atoms with Crippen molar-refractivity contribution >= 4 is 0 Å². The average molecular weight is 285 g/mol. The summed E-state index contributed by atoms with van der Waals surface area (Å²) >= 11 is 0. The van der Waals surface area contributed by atoms with Crippen LogP contribution in [0.4, 0.5) is 0 Å². The van der Waals surface area contributed by atoms with E-state index in [0.29, 0.717) is 12.6 Å². The highest BCUT2D eigenvalue weighted by Crippen LogP contribution is 2.32. The minimum Gasteiger partial charge on any atom is -0.461 e. The lowest BCUT2D eigenvalue weighted by Gasteiger charge is -2.33. The van der Waals surface area contributed by atoms with E-state index in [-0.39, 0.29) is 6.04 Å². The summed E-state index contributed by atoms with van der Waals surface area (Å²) in [5, 5.41) is 4.45. The predicted molar refractivity (Wildman–Crippen MR) is 76.8 cm³/mol. The Morgan fingerprint density at radius 2 is 2.05 bits per heavy atom. The van der Waals surface area contributed by atoms with Crippen molar-refractivity contribution in [2.75, 3.05) is 19.7 Å². The molecule has 1 aliphatic heterocycles. The van der Waals surface area contributed by atoms with Crippen LogP contribution in [0.5, 0.6) is 6.01 Å². The third kappa shape index (κ3) is 2.90. The summed E-state index contributed by atoms with van der Waals surface area (Å²) in [4.78, 5) is 10.7. The van der Waals surface area contributed by atoms with Gasteiger partial charge >= 0.3 is 6.01 Å². The lowest BCUT2D eigenvalue weighted by Crippen LogP contribution is -2.41. The van der Waals surface area contributed by atoms with Gasteiger partial charge in [-0.2, -0.15) is 5.10 Å². The monoisotopic (exact) mass is 285 g/mol. The molecule has 21 heavy (non-hydrogen) atoms. The zero-order valence-electron chi connectivity index (χ0n) is 11.9. The molecule has 1 atom stereocenters. The van der Waals surface area contributed by atoms with Gasteiger partial charge in [0.15, 0.2) is 0 Å². The van der Waals surface area contributed by atoms with Crippen LogP contribution in [0, 0.1) is 5.92 Å². The lowest BCUT2D eigenvalue weighted by molar-refractivity contribution is 0.124. The topological polar surface area (TPSA) is 56.1 Å². The Balaban J connectivity index is 1.45. The Morgan fingerprint density at radius 3 is 2.86 bits per heavy atom. The summed E-state index contributed by atoms with van der Waals surface area (Å²) in [6.45, 7) is 3.73. The molecule has 2 aromatic rings. The molecular formula is C15H19N5O. The van der Waals surface area contributed by atoms with Crippen molar-refractivity contribution in [3.8, 4) is 6.01 Å². The van der Waals surface area contributed by atoms with Crippen LogP contribution in [0.15, 0.2) is 30.7 Å². The van der Waals surface area contributed by atoms with E-state index in [1.165, 1.54) is 25.1 Å². The number of ether oxygens (including phenoxy) is 1. The summed E-state index contributed by atoms with van der Waals surface area (Å²) in [6.07, 6.45) is 8.04.